The van der Waals surface area contributed by atoms with Gasteiger partial charge in [0, 0.05) is 25.4 Å². The molecule has 0 radical (unpaired) electrons. The van der Waals surface area contributed by atoms with E-state index in [2.05, 4.69) is 10.3 Å². The largest absolute Gasteiger partial charge is 0.497 e. The lowest BCUT2D eigenvalue weighted by molar-refractivity contribution is 0.120. The highest BCUT2D eigenvalue weighted by Gasteiger charge is 2.20. The van der Waals surface area contributed by atoms with Gasteiger partial charge in [0.2, 0.25) is 0 Å². The summed E-state index contributed by atoms with van der Waals surface area (Å²) in [4.78, 5) is 20.6. The molecule has 4 heterocycles. The number of methoxy groups -OCH3 is 1. The number of fused-ring (bicyclic) bond motifs is 2. The molecule has 29 heavy (non-hydrogen) atoms. The molecule has 0 amide bonds. The van der Waals surface area contributed by atoms with Gasteiger partial charge in [0.15, 0.2) is 0 Å². The average molecular weight is 390 g/mol. The molecule has 1 fully saturated rings. The van der Waals surface area contributed by atoms with Crippen LogP contribution < -0.4 is 15.6 Å². The zero-order valence-electron chi connectivity index (χ0n) is 16.1. The Morgan fingerprint density at radius 2 is 2.24 bits per heavy atom. The molecule has 7 heteroatoms. The second-order valence-corrected chi connectivity index (χ2v) is 7.22. The topological polar surface area (TPSA) is 80.7 Å². The van der Waals surface area contributed by atoms with Crippen molar-refractivity contribution in [3.63, 3.8) is 0 Å². The molecule has 148 valence electrons. The van der Waals surface area contributed by atoms with Crippen LogP contribution in [0.4, 0.5) is 5.82 Å². The minimum Gasteiger partial charge on any atom is -0.497 e. The van der Waals surface area contributed by atoms with Crippen LogP contribution in [0, 0.1) is 0 Å². The maximum atomic E-state index is 12.9. The number of aromatic amines is 1. The fourth-order valence-corrected chi connectivity index (χ4v) is 3.85. The summed E-state index contributed by atoms with van der Waals surface area (Å²) < 4.78 is 13.0. The van der Waals surface area contributed by atoms with Crippen LogP contribution in [0.15, 0.2) is 53.5 Å². The maximum Gasteiger partial charge on any atom is 0.258 e. The van der Waals surface area contributed by atoms with Crippen molar-refractivity contribution in [1.29, 1.82) is 0 Å². The molecule has 1 saturated heterocycles. The van der Waals surface area contributed by atoms with Gasteiger partial charge in [-0.1, -0.05) is 6.07 Å². The predicted molar refractivity (Wildman–Crippen MR) is 113 cm³/mol. The van der Waals surface area contributed by atoms with Gasteiger partial charge in [-0.2, -0.15) is 0 Å². The number of nitrogens with zero attached hydrogens (tertiary/aromatic N) is 2. The lowest BCUT2D eigenvalue weighted by atomic mass is 10.1. The number of ether oxygens (including phenoxy) is 2. The second kappa shape index (κ2) is 7.25. The van der Waals surface area contributed by atoms with Gasteiger partial charge in [0.05, 0.1) is 24.3 Å². The van der Waals surface area contributed by atoms with E-state index in [4.69, 9.17) is 14.5 Å². The quantitative estimate of drug-likeness (QED) is 0.546. The first-order valence-electron chi connectivity index (χ1n) is 9.77. The Kier molecular flexibility index (Phi) is 4.44. The monoisotopic (exact) mass is 390 g/mol. The standard InChI is InChI=1S/C22H22N4O3/c1-28-15-8-7-14-11-17(22(27)24-18(14)12-15)20-21(23-13-16-5-4-10-29-16)26-9-3-2-6-19(26)25-20/h2-3,6-9,11-12,16,23H,4-5,10,13H2,1H3,(H,24,27). The highest BCUT2D eigenvalue weighted by Crippen LogP contribution is 2.29. The van der Waals surface area contributed by atoms with Crippen molar-refractivity contribution in [1.82, 2.24) is 14.4 Å². The van der Waals surface area contributed by atoms with Gasteiger partial charge in [0.1, 0.15) is 22.9 Å². The number of benzene rings is 1. The molecule has 7 nitrogen and oxygen atoms in total. The van der Waals surface area contributed by atoms with Crippen molar-refractivity contribution in [2.45, 2.75) is 18.9 Å². The molecule has 0 bridgehead atoms. The zero-order chi connectivity index (χ0) is 19.8. The molecule has 4 aromatic rings. The van der Waals surface area contributed by atoms with Gasteiger partial charge < -0.3 is 19.8 Å². The number of pyridine rings is 2. The molecule has 1 atom stereocenters. The lowest BCUT2D eigenvalue weighted by Gasteiger charge is -2.13. The Hall–Kier alpha value is -3.32. The van der Waals surface area contributed by atoms with Gasteiger partial charge >= 0.3 is 0 Å². The smallest absolute Gasteiger partial charge is 0.258 e. The normalized spacial score (nSPS) is 16.5. The third-order valence-corrected chi connectivity index (χ3v) is 5.36. The first-order valence-corrected chi connectivity index (χ1v) is 9.77. The van der Waals surface area contributed by atoms with Crippen LogP contribution in [-0.2, 0) is 4.74 Å². The van der Waals surface area contributed by atoms with Gasteiger partial charge in [-0.3, -0.25) is 9.20 Å². The third-order valence-electron chi connectivity index (χ3n) is 5.36. The van der Waals surface area contributed by atoms with Crippen molar-refractivity contribution in [2.24, 2.45) is 0 Å². The van der Waals surface area contributed by atoms with Crippen molar-refractivity contribution < 1.29 is 9.47 Å². The molecule has 5 rings (SSSR count). The maximum absolute atomic E-state index is 12.9. The summed E-state index contributed by atoms with van der Waals surface area (Å²) >= 11 is 0. The van der Waals surface area contributed by atoms with Gasteiger partial charge in [-0.25, -0.2) is 4.98 Å². The Morgan fingerprint density at radius 3 is 3.07 bits per heavy atom. The summed E-state index contributed by atoms with van der Waals surface area (Å²) in [6, 6.07) is 13.3. The Balaban J connectivity index is 1.62. The van der Waals surface area contributed by atoms with Crippen molar-refractivity contribution in [3.05, 3.63) is 59.0 Å². The third kappa shape index (κ3) is 3.23. The number of anilines is 1. The van der Waals surface area contributed by atoms with Crippen LogP contribution >= 0.6 is 0 Å². The number of aromatic nitrogens is 3. The summed E-state index contributed by atoms with van der Waals surface area (Å²) in [5.74, 6) is 1.50. The van der Waals surface area contributed by atoms with Crippen molar-refractivity contribution >= 4 is 22.4 Å². The number of hydrogen-bond acceptors (Lipinski definition) is 5. The van der Waals surface area contributed by atoms with Gasteiger partial charge in [-0.05, 0) is 48.6 Å². The Labute approximate surface area is 167 Å². The molecule has 1 aliphatic rings. The second-order valence-electron chi connectivity index (χ2n) is 7.22. The van der Waals surface area contributed by atoms with Crippen LogP contribution in [0.1, 0.15) is 12.8 Å². The summed E-state index contributed by atoms with van der Waals surface area (Å²) in [7, 11) is 1.61. The minimum absolute atomic E-state index is 0.180. The molecular formula is C22H22N4O3. The molecular weight excluding hydrogens is 368 g/mol. The summed E-state index contributed by atoms with van der Waals surface area (Å²) in [5.41, 5.74) is 2.49. The average Bonchev–Trinajstić information content (AvgIpc) is 3.39. The Bertz CT molecular complexity index is 1240. The predicted octanol–water partition coefficient (Wildman–Crippen LogP) is 3.44. The molecule has 3 aromatic heterocycles. The number of imidazole rings is 1. The first kappa shape index (κ1) is 17.8. The van der Waals surface area contributed by atoms with Gasteiger partial charge in [-0.15, -0.1) is 0 Å². The zero-order valence-corrected chi connectivity index (χ0v) is 16.1. The van der Waals surface area contributed by atoms with Crippen LogP contribution in [-0.4, -0.2) is 40.7 Å². The van der Waals surface area contributed by atoms with E-state index in [0.29, 0.717) is 23.6 Å². The number of rotatable bonds is 5. The summed E-state index contributed by atoms with van der Waals surface area (Å²) in [6.07, 6.45) is 4.25. The number of hydrogen-bond donors (Lipinski definition) is 2. The molecule has 1 aromatic carbocycles. The van der Waals surface area contributed by atoms with Crippen LogP contribution in [0.5, 0.6) is 5.75 Å². The van der Waals surface area contributed by atoms with Crippen LogP contribution in [0.2, 0.25) is 0 Å². The highest BCUT2D eigenvalue weighted by molar-refractivity contribution is 5.86. The SMILES string of the molecule is COc1ccc2cc(-c3nc4ccccn4c3NCC3CCCO3)c(=O)[nH]c2c1. The van der Waals surface area contributed by atoms with E-state index in [-0.39, 0.29) is 11.7 Å². The molecule has 2 N–H and O–H groups in total. The van der Waals surface area contributed by atoms with Crippen molar-refractivity contribution in [2.75, 3.05) is 25.6 Å². The van der Waals surface area contributed by atoms with Crippen LogP contribution in [0.3, 0.4) is 0 Å². The van der Waals surface area contributed by atoms with Crippen molar-refractivity contribution in [3.8, 4) is 17.0 Å². The van der Waals surface area contributed by atoms with E-state index in [1.54, 1.807) is 7.11 Å². The Morgan fingerprint density at radius 1 is 1.31 bits per heavy atom. The fraction of sp³-hybridized carbons (Fsp3) is 0.273. The molecule has 1 unspecified atom stereocenters. The number of nitrogens with one attached hydrogen (secondary N) is 2. The van der Waals surface area contributed by atoms with E-state index in [9.17, 15) is 4.79 Å². The lowest BCUT2D eigenvalue weighted by Crippen LogP contribution is -2.20. The minimum atomic E-state index is -0.186. The van der Waals surface area contributed by atoms with E-state index in [0.717, 1.165) is 41.8 Å². The van der Waals surface area contributed by atoms with Gasteiger partial charge in [0.25, 0.3) is 5.56 Å². The molecule has 0 saturated carbocycles. The molecule has 0 spiro atoms. The van der Waals surface area contributed by atoms with E-state index >= 15 is 0 Å². The van der Waals surface area contributed by atoms with E-state index < -0.39 is 0 Å². The molecule has 0 aliphatic carbocycles. The summed E-state index contributed by atoms with van der Waals surface area (Å²) in [5, 5.41) is 4.39. The van der Waals surface area contributed by atoms with E-state index in [1.165, 1.54) is 0 Å². The highest BCUT2D eigenvalue weighted by atomic mass is 16.5. The van der Waals surface area contributed by atoms with E-state index in [1.807, 2.05) is 53.1 Å². The molecule has 1 aliphatic heterocycles. The fourth-order valence-electron chi connectivity index (χ4n) is 3.85. The van der Waals surface area contributed by atoms with Crippen LogP contribution in [0.25, 0.3) is 27.8 Å². The number of H-pyrrole nitrogens is 1. The first-order chi connectivity index (χ1) is 14.2. The summed E-state index contributed by atoms with van der Waals surface area (Å²) in [6.45, 7) is 1.48.